The summed E-state index contributed by atoms with van der Waals surface area (Å²) in [5, 5.41) is 2.96. The number of rotatable bonds is 6. The van der Waals surface area contributed by atoms with Crippen molar-refractivity contribution in [1.29, 1.82) is 0 Å². The molecule has 3 N–H and O–H groups in total. The molecule has 3 nitrogen and oxygen atoms in total. The average Bonchev–Trinajstić information content (AvgIpc) is 2.55. The van der Waals surface area contributed by atoms with Gasteiger partial charge in [0.1, 0.15) is 0 Å². The highest BCUT2D eigenvalue weighted by atomic mass is 19.2. The van der Waals surface area contributed by atoms with Crippen LogP contribution in [-0.2, 0) is 11.2 Å². The largest absolute Gasteiger partial charge is 0.352 e. The van der Waals surface area contributed by atoms with E-state index in [1.54, 1.807) is 0 Å². The van der Waals surface area contributed by atoms with Crippen LogP contribution in [0.2, 0.25) is 0 Å². The summed E-state index contributed by atoms with van der Waals surface area (Å²) in [6, 6.07) is 4.03. The molecule has 0 radical (unpaired) electrons. The Balaban J connectivity index is 1.84. The molecule has 1 amide bonds. The maximum atomic E-state index is 13.5. The van der Waals surface area contributed by atoms with Crippen molar-refractivity contribution in [1.82, 2.24) is 5.32 Å². The lowest BCUT2D eigenvalue weighted by atomic mass is 9.84. The number of nitrogens with two attached hydrogens (primary N) is 1. The van der Waals surface area contributed by atoms with Crippen LogP contribution in [0.5, 0.6) is 0 Å². The van der Waals surface area contributed by atoms with Crippen LogP contribution in [0, 0.1) is 17.6 Å². The van der Waals surface area contributed by atoms with Gasteiger partial charge in [-0.25, -0.2) is 8.78 Å². The Labute approximate surface area is 130 Å². The number of halogens is 2. The molecule has 22 heavy (non-hydrogen) atoms. The van der Waals surface area contributed by atoms with E-state index >= 15 is 0 Å². The van der Waals surface area contributed by atoms with E-state index in [2.05, 4.69) is 5.32 Å². The van der Waals surface area contributed by atoms with Crippen molar-refractivity contribution in [3.05, 3.63) is 35.4 Å². The molecule has 2 rings (SSSR count). The molecular formula is C17H24F2N2O. The van der Waals surface area contributed by atoms with Crippen molar-refractivity contribution < 1.29 is 13.6 Å². The predicted octanol–water partition coefficient (Wildman–Crippen LogP) is 2.92. The zero-order valence-corrected chi connectivity index (χ0v) is 12.8. The van der Waals surface area contributed by atoms with E-state index in [0.29, 0.717) is 12.5 Å². The first-order chi connectivity index (χ1) is 10.6. The molecule has 1 unspecified atom stereocenters. The normalized spacial score (nSPS) is 17.2. The number of nitrogens with one attached hydrogen (secondary N) is 1. The highest BCUT2D eigenvalue weighted by molar-refractivity contribution is 5.76. The number of hydrogen-bond acceptors (Lipinski definition) is 2. The monoisotopic (exact) mass is 310 g/mol. The summed E-state index contributed by atoms with van der Waals surface area (Å²) in [5.41, 5.74) is 6.01. The number of carbonyl (C=O) groups excluding carboxylic acids is 1. The Hall–Kier alpha value is -1.49. The third-order valence-corrected chi connectivity index (χ3v) is 4.47. The molecule has 0 heterocycles. The van der Waals surface area contributed by atoms with E-state index in [1.165, 1.54) is 31.4 Å². The van der Waals surface area contributed by atoms with Crippen LogP contribution in [0.4, 0.5) is 8.78 Å². The molecule has 0 aromatic heterocycles. The Bertz CT molecular complexity index is 501. The topological polar surface area (TPSA) is 55.1 Å². The van der Waals surface area contributed by atoms with E-state index < -0.39 is 11.6 Å². The van der Waals surface area contributed by atoms with E-state index in [-0.39, 0.29) is 30.4 Å². The van der Waals surface area contributed by atoms with Crippen LogP contribution in [0.1, 0.15) is 44.1 Å². The van der Waals surface area contributed by atoms with Gasteiger partial charge in [-0.2, -0.15) is 0 Å². The fraction of sp³-hybridized carbons (Fsp3) is 0.588. The minimum atomic E-state index is -0.875. The highest BCUT2D eigenvalue weighted by Crippen LogP contribution is 2.26. The van der Waals surface area contributed by atoms with E-state index in [1.807, 2.05) is 0 Å². The van der Waals surface area contributed by atoms with Gasteiger partial charge in [-0.3, -0.25) is 4.79 Å². The van der Waals surface area contributed by atoms with Crippen LogP contribution in [0.3, 0.4) is 0 Å². The van der Waals surface area contributed by atoms with Crippen LogP contribution in [0.25, 0.3) is 0 Å². The Kier molecular flexibility index (Phi) is 6.31. The Morgan fingerprint density at radius 1 is 1.27 bits per heavy atom. The van der Waals surface area contributed by atoms with Crippen LogP contribution in [0.15, 0.2) is 18.2 Å². The molecule has 1 aliphatic rings. The average molecular weight is 310 g/mol. The molecule has 1 fully saturated rings. The molecule has 5 heteroatoms. The zero-order chi connectivity index (χ0) is 15.9. The number of hydrogen-bond donors (Lipinski definition) is 2. The second-order valence-electron chi connectivity index (χ2n) is 6.02. The molecular weight excluding hydrogens is 286 g/mol. The second kappa shape index (κ2) is 8.22. The van der Waals surface area contributed by atoms with Gasteiger partial charge in [0.25, 0.3) is 0 Å². The molecule has 1 aromatic rings. The minimum absolute atomic E-state index is 0.00911. The van der Waals surface area contributed by atoms with Gasteiger partial charge in [-0.15, -0.1) is 0 Å². The molecule has 0 saturated heterocycles. The predicted molar refractivity (Wildman–Crippen MR) is 82.2 cm³/mol. The van der Waals surface area contributed by atoms with E-state index in [0.717, 1.165) is 18.9 Å². The van der Waals surface area contributed by atoms with Crippen molar-refractivity contribution in [2.45, 2.75) is 51.0 Å². The highest BCUT2D eigenvalue weighted by Gasteiger charge is 2.23. The van der Waals surface area contributed by atoms with Crippen molar-refractivity contribution in [2.75, 3.05) is 6.54 Å². The lowest BCUT2D eigenvalue weighted by Crippen LogP contribution is -2.46. The number of carbonyl (C=O) groups is 1. The van der Waals surface area contributed by atoms with E-state index in [9.17, 15) is 13.6 Å². The first-order valence-corrected chi connectivity index (χ1v) is 8.04. The van der Waals surface area contributed by atoms with Gasteiger partial charge in [0.2, 0.25) is 5.91 Å². The summed E-state index contributed by atoms with van der Waals surface area (Å²) < 4.78 is 26.7. The smallest absolute Gasteiger partial charge is 0.220 e. The Morgan fingerprint density at radius 3 is 2.68 bits per heavy atom. The van der Waals surface area contributed by atoms with Crippen molar-refractivity contribution >= 4 is 5.91 Å². The first kappa shape index (κ1) is 16.9. The summed E-state index contributed by atoms with van der Waals surface area (Å²) in [6.45, 7) is 0.421. The van der Waals surface area contributed by atoms with Crippen molar-refractivity contribution in [3.63, 3.8) is 0 Å². The molecule has 122 valence electrons. The molecule has 0 bridgehead atoms. The summed E-state index contributed by atoms with van der Waals surface area (Å²) >= 11 is 0. The lowest BCUT2D eigenvalue weighted by Gasteiger charge is -2.30. The molecule has 1 aliphatic carbocycles. The Morgan fingerprint density at radius 2 is 2.00 bits per heavy atom. The fourth-order valence-corrected chi connectivity index (χ4v) is 3.17. The van der Waals surface area contributed by atoms with Gasteiger partial charge in [0, 0.05) is 19.0 Å². The number of amides is 1. The number of benzene rings is 1. The van der Waals surface area contributed by atoms with Crippen molar-refractivity contribution in [3.8, 4) is 0 Å². The third kappa shape index (κ3) is 4.50. The van der Waals surface area contributed by atoms with Gasteiger partial charge in [-0.05, 0) is 36.8 Å². The van der Waals surface area contributed by atoms with Crippen LogP contribution >= 0.6 is 0 Å². The first-order valence-electron chi connectivity index (χ1n) is 8.04. The van der Waals surface area contributed by atoms with Crippen LogP contribution in [-0.4, -0.2) is 18.5 Å². The van der Waals surface area contributed by atoms with Gasteiger partial charge >= 0.3 is 0 Å². The second-order valence-corrected chi connectivity index (χ2v) is 6.02. The standard InChI is InChI=1S/C17H24F2N2O/c18-14-8-4-7-13(17(14)19)9-10-16(22)21-15(11-20)12-5-2-1-3-6-12/h4,7-8,12,15H,1-3,5-6,9-11,20H2,(H,21,22). The lowest BCUT2D eigenvalue weighted by molar-refractivity contribution is -0.122. The zero-order valence-electron chi connectivity index (χ0n) is 12.8. The molecule has 0 spiro atoms. The van der Waals surface area contributed by atoms with Crippen LogP contribution < -0.4 is 11.1 Å². The fourth-order valence-electron chi connectivity index (χ4n) is 3.17. The van der Waals surface area contributed by atoms with Gasteiger partial charge in [0.05, 0.1) is 0 Å². The summed E-state index contributed by atoms with van der Waals surface area (Å²) in [7, 11) is 0. The number of aryl methyl sites for hydroxylation is 1. The maximum Gasteiger partial charge on any atom is 0.220 e. The summed E-state index contributed by atoms with van der Waals surface area (Å²) in [6.07, 6.45) is 6.15. The van der Waals surface area contributed by atoms with E-state index in [4.69, 9.17) is 5.73 Å². The van der Waals surface area contributed by atoms with Gasteiger partial charge in [0.15, 0.2) is 11.6 Å². The van der Waals surface area contributed by atoms with Crippen molar-refractivity contribution in [2.24, 2.45) is 11.7 Å². The molecule has 1 aromatic carbocycles. The quantitative estimate of drug-likeness (QED) is 0.849. The minimum Gasteiger partial charge on any atom is -0.352 e. The molecule has 0 aliphatic heterocycles. The molecule has 1 atom stereocenters. The van der Waals surface area contributed by atoms with Gasteiger partial charge in [-0.1, -0.05) is 31.4 Å². The molecule has 1 saturated carbocycles. The maximum absolute atomic E-state index is 13.5. The van der Waals surface area contributed by atoms with Gasteiger partial charge < -0.3 is 11.1 Å². The SMILES string of the molecule is NCC(NC(=O)CCc1cccc(F)c1F)C1CCCCC1. The summed E-state index contributed by atoms with van der Waals surface area (Å²) in [5.74, 6) is -1.45. The summed E-state index contributed by atoms with van der Waals surface area (Å²) in [4.78, 5) is 12.0. The third-order valence-electron chi connectivity index (χ3n) is 4.47.